The lowest BCUT2D eigenvalue weighted by molar-refractivity contribution is -0.121. The highest BCUT2D eigenvalue weighted by molar-refractivity contribution is 7.14. The van der Waals surface area contributed by atoms with Crippen molar-refractivity contribution in [3.8, 4) is 11.4 Å². The number of hydrogen-bond donors (Lipinski definition) is 2. The molecule has 1 aliphatic carbocycles. The van der Waals surface area contributed by atoms with Gasteiger partial charge in [-0.05, 0) is 43.7 Å². The van der Waals surface area contributed by atoms with Gasteiger partial charge in [0.05, 0.1) is 4.88 Å². The Morgan fingerprint density at radius 1 is 1.10 bits per heavy atom. The van der Waals surface area contributed by atoms with Crippen molar-refractivity contribution in [3.63, 3.8) is 0 Å². The molecule has 1 aliphatic rings. The van der Waals surface area contributed by atoms with Crippen LogP contribution in [0.5, 0.6) is 0 Å². The van der Waals surface area contributed by atoms with Crippen LogP contribution in [0.3, 0.4) is 0 Å². The standard InChI is InChI=1S/C21H22N4O3S/c26-18(23-24-21(27)17-13-15-9-4-5-10-16(15)29-17)11-6-12-19-22-20(25-28-19)14-7-2-1-3-8-14/h1-3,7-8,13H,4-6,9-12H2,(H,23,26)(H,24,27). The molecule has 2 amide bonds. The van der Waals surface area contributed by atoms with Crippen LogP contribution < -0.4 is 10.9 Å². The number of benzene rings is 1. The molecular weight excluding hydrogens is 388 g/mol. The van der Waals surface area contributed by atoms with Crippen LogP contribution in [0.25, 0.3) is 11.4 Å². The van der Waals surface area contributed by atoms with Gasteiger partial charge in [0, 0.05) is 23.3 Å². The summed E-state index contributed by atoms with van der Waals surface area (Å²) in [6.07, 6.45) is 5.73. The van der Waals surface area contributed by atoms with Crippen molar-refractivity contribution in [1.29, 1.82) is 0 Å². The monoisotopic (exact) mass is 410 g/mol. The summed E-state index contributed by atoms with van der Waals surface area (Å²) in [4.78, 5) is 30.5. The van der Waals surface area contributed by atoms with E-state index in [1.54, 1.807) is 0 Å². The minimum absolute atomic E-state index is 0.248. The van der Waals surface area contributed by atoms with Gasteiger partial charge in [0.25, 0.3) is 5.91 Å². The lowest BCUT2D eigenvalue weighted by Gasteiger charge is -2.08. The molecule has 4 rings (SSSR count). The Balaban J connectivity index is 1.20. The summed E-state index contributed by atoms with van der Waals surface area (Å²) < 4.78 is 5.24. The molecular formula is C21H22N4O3S. The summed E-state index contributed by atoms with van der Waals surface area (Å²) in [6.45, 7) is 0. The first-order valence-electron chi connectivity index (χ1n) is 9.78. The number of hydrazine groups is 1. The average Bonchev–Trinajstić information content (AvgIpc) is 3.40. The highest BCUT2D eigenvalue weighted by atomic mass is 32.1. The number of thiophene rings is 1. The molecule has 0 aliphatic heterocycles. The van der Waals surface area contributed by atoms with E-state index in [-0.39, 0.29) is 18.2 Å². The molecule has 2 N–H and O–H groups in total. The first kappa shape index (κ1) is 19.3. The summed E-state index contributed by atoms with van der Waals surface area (Å²) in [5.74, 6) is 0.519. The Labute approximate surface area is 172 Å². The molecule has 0 unspecified atom stereocenters. The van der Waals surface area contributed by atoms with Gasteiger partial charge in [-0.1, -0.05) is 35.5 Å². The highest BCUT2D eigenvalue weighted by Crippen LogP contribution is 2.29. The lowest BCUT2D eigenvalue weighted by Crippen LogP contribution is -2.41. The number of nitrogens with one attached hydrogen (secondary N) is 2. The molecule has 8 heteroatoms. The van der Waals surface area contributed by atoms with Crippen molar-refractivity contribution >= 4 is 23.2 Å². The number of aryl methyl sites for hydroxylation is 3. The number of hydrogen-bond acceptors (Lipinski definition) is 6. The third kappa shape index (κ3) is 4.89. The fourth-order valence-electron chi connectivity index (χ4n) is 3.31. The number of carbonyl (C=O) groups excluding carboxylic acids is 2. The largest absolute Gasteiger partial charge is 0.339 e. The van der Waals surface area contributed by atoms with E-state index in [1.165, 1.54) is 34.6 Å². The zero-order valence-corrected chi connectivity index (χ0v) is 16.8. The topological polar surface area (TPSA) is 97.1 Å². The number of aromatic nitrogens is 2. The van der Waals surface area contributed by atoms with Crippen LogP contribution in [0.4, 0.5) is 0 Å². The molecule has 3 aromatic rings. The zero-order valence-electron chi connectivity index (χ0n) is 15.9. The third-order valence-corrected chi connectivity index (χ3v) is 6.07. The number of amides is 2. The van der Waals surface area contributed by atoms with Gasteiger partial charge in [-0.25, -0.2) is 0 Å². The van der Waals surface area contributed by atoms with Gasteiger partial charge < -0.3 is 4.52 Å². The first-order valence-corrected chi connectivity index (χ1v) is 10.6. The summed E-state index contributed by atoms with van der Waals surface area (Å²) in [5.41, 5.74) is 7.14. The molecule has 2 aromatic heterocycles. The molecule has 150 valence electrons. The summed E-state index contributed by atoms with van der Waals surface area (Å²) >= 11 is 1.52. The SMILES string of the molecule is O=C(CCCc1nc(-c2ccccc2)no1)NNC(=O)c1cc2c(s1)CCCC2. The summed E-state index contributed by atoms with van der Waals surface area (Å²) in [7, 11) is 0. The molecule has 7 nitrogen and oxygen atoms in total. The Bertz CT molecular complexity index is 973. The lowest BCUT2D eigenvalue weighted by atomic mass is 9.99. The van der Waals surface area contributed by atoms with Crippen molar-refractivity contribution in [2.45, 2.75) is 44.9 Å². The minimum Gasteiger partial charge on any atom is -0.339 e. The Hall–Kier alpha value is -3.00. The van der Waals surface area contributed by atoms with Crippen LogP contribution in [0.15, 0.2) is 40.9 Å². The quantitative estimate of drug-likeness (QED) is 0.607. The maximum absolute atomic E-state index is 12.3. The summed E-state index contributed by atoms with van der Waals surface area (Å²) in [5, 5.41) is 3.96. The van der Waals surface area contributed by atoms with E-state index in [2.05, 4.69) is 21.0 Å². The van der Waals surface area contributed by atoms with Crippen LogP contribution in [0.1, 0.15) is 51.7 Å². The number of rotatable bonds is 6. The van der Waals surface area contributed by atoms with Crippen LogP contribution in [-0.4, -0.2) is 22.0 Å². The Morgan fingerprint density at radius 2 is 1.93 bits per heavy atom. The molecule has 2 heterocycles. The third-order valence-electron chi connectivity index (χ3n) is 4.83. The van der Waals surface area contributed by atoms with Crippen molar-refractivity contribution in [2.75, 3.05) is 0 Å². The van der Waals surface area contributed by atoms with Crippen molar-refractivity contribution < 1.29 is 14.1 Å². The van der Waals surface area contributed by atoms with Crippen LogP contribution in [-0.2, 0) is 24.1 Å². The van der Waals surface area contributed by atoms with Gasteiger partial charge in [-0.15, -0.1) is 11.3 Å². The van der Waals surface area contributed by atoms with E-state index >= 15 is 0 Å². The maximum Gasteiger partial charge on any atom is 0.279 e. The second-order valence-electron chi connectivity index (χ2n) is 7.00. The Morgan fingerprint density at radius 3 is 2.76 bits per heavy atom. The van der Waals surface area contributed by atoms with Gasteiger partial charge in [-0.3, -0.25) is 20.4 Å². The molecule has 1 aromatic carbocycles. The van der Waals surface area contributed by atoms with E-state index in [9.17, 15) is 9.59 Å². The molecule has 0 saturated carbocycles. The number of carbonyl (C=O) groups is 2. The van der Waals surface area contributed by atoms with Crippen LogP contribution in [0, 0.1) is 0 Å². The van der Waals surface area contributed by atoms with E-state index < -0.39 is 0 Å². The van der Waals surface area contributed by atoms with Crippen molar-refractivity contribution in [1.82, 2.24) is 21.0 Å². The minimum atomic E-state index is -0.262. The second-order valence-corrected chi connectivity index (χ2v) is 8.14. The first-order chi connectivity index (χ1) is 14.2. The van der Waals surface area contributed by atoms with Crippen molar-refractivity contribution in [3.05, 3.63) is 57.6 Å². The van der Waals surface area contributed by atoms with Gasteiger partial charge in [0.1, 0.15) is 0 Å². The van der Waals surface area contributed by atoms with Crippen LogP contribution >= 0.6 is 11.3 Å². The fraction of sp³-hybridized carbons (Fsp3) is 0.333. The fourth-order valence-corrected chi connectivity index (χ4v) is 4.46. The van der Waals surface area contributed by atoms with Crippen molar-refractivity contribution in [2.24, 2.45) is 0 Å². The predicted octanol–water partition coefficient (Wildman–Crippen LogP) is 3.46. The van der Waals surface area contributed by atoms with E-state index in [0.29, 0.717) is 29.4 Å². The Kier molecular flexibility index (Phi) is 6.00. The van der Waals surface area contributed by atoms with Gasteiger partial charge in [0.2, 0.25) is 17.6 Å². The molecule has 0 saturated heterocycles. The summed E-state index contributed by atoms with van der Waals surface area (Å²) in [6, 6.07) is 11.5. The number of nitrogens with zero attached hydrogens (tertiary/aromatic N) is 2. The predicted molar refractivity (Wildman–Crippen MR) is 109 cm³/mol. The molecule has 0 spiro atoms. The van der Waals surface area contributed by atoms with E-state index in [4.69, 9.17) is 4.52 Å². The average molecular weight is 410 g/mol. The molecule has 0 atom stereocenters. The second kappa shape index (κ2) is 9.00. The molecule has 0 fully saturated rings. The van der Waals surface area contributed by atoms with E-state index in [1.807, 2.05) is 36.4 Å². The zero-order chi connectivity index (χ0) is 20.1. The van der Waals surface area contributed by atoms with Gasteiger partial charge >= 0.3 is 0 Å². The van der Waals surface area contributed by atoms with Gasteiger partial charge in [-0.2, -0.15) is 4.98 Å². The highest BCUT2D eigenvalue weighted by Gasteiger charge is 2.17. The van der Waals surface area contributed by atoms with Gasteiger partial charge in [0.15, 0.2) is 0 Å². The normalized spacial score (nSPS) is 13.0. The van der Waals surface area contributed by atoms with Crippen LogP contribution in [0.2, 0.25) is 0 Å². The molecule has 29 heavy (non-hydrogen) atoms. The molecule has 0 bridgehead atoms. The molecule has 0 radical (unpaired) electrons. The maximum atomic E-state index is 12.3. The van der Waals surface area contributed by atoms with E-state index in [0.717, 1.165) is 18.4 Å². The smallest absolute Gasteiger partial charge is 0.279 e. The number of fused-ring (bicyclic) bond motifs is 1.